The van der Waals surface area contributed by atoms with E-state index in [1.165, 1.54) is 0 Å². The highest BCUT2D eigenvalue weighted by molar-refractivity contribution is 7.07. The van der Waals surface area contributed by atoms with Gasteiger partial charge in [0, 0.05) is 17.4 Å². The number of ether oxygens (including phenoxy) is 1. The van der Waals surface area contributed by atoms with Crippen LogP contribution in [0.5, 0.6) is 5.75 Å². The summed E-state index contributed by atoms with van der Waals surface area (Å²) in [5.41, 5.74) is 4.48. The molecule has 0 saturated heterocycles. The molecule has 1 unspecified atom stereocenters. The number of terminal acetylenes is 1. The zero-order valence-electron chi connectivity index (χ0n) is 10.7. The van der Waals surface area contributed by atoms with E-state index in [0.29, 0.717) is 6.42 Å². The van der Waals surface area contributed by atoms with Gasteiger partial charge in [-0.25, -0.2) is 4.98 Å². The van der Waals surface area contributed by atoms with Crippen molar-refractivity contribution >= 4 is 17.0 Å². The van der Waals surface area contributed by atoms with E-state index in [2.05, 4.69) is 16.1 Å². The molecule has 4 nitrogen and oxygen atoms in total. The molecule has 0 bridgehead atoms. The molecule has 3 rings (SSSR count). The van der Waals surface area contributed by atoms with Gasteiger partial charge in [0.05, 0.1) is 11.2 Å². The van der Waals surface area contributed by atoms with Gasteiger partial charge in [0.15, 0.2) is 6.10 Å². The highest BCUT2D eigenvalue weighted by Gasteiger charge is 2.27. The predicted molar refractivity (Wildman–Crippen MR) is 77.9 cm³/mol. The number of hydrogen-bond donors (Lipinski definition) is 0. The lowest BCUT2D eigenvalue weighted by Crippen LogP contribution is -2.05. The van der Waals surface area contributed by atoms with Gasteiger partial charge in [0.2, 0.25) is 0 Å². The first kappa shape index (κ1) is 12.7. The monoisotopic (exact) mass is 284 g/mol. The Labute approximate surface area is 121 Å². The van der Waals surface area contributed by atoms with Crippen LogP contribution in [-0.2, 0) is 4.84 Å². The summed E-state index contributed by atoms with van der Waals surface area (Å²) < 4.78 is 5.54. The van der Waals surface area contributed by atoms with Crippen LogP contribution in [0, 0.1) is 12.3 Å². The Hall–Kier alpha value is -2.32. The van der Waals surface area contributed by atoms with Crippen molar-refractivity contribution in [2.45, 2.75) is 12.5 Å². The molecule has 1 aliphatic heterocycles. The van der Waals surface area contributed by atoms with Crippen LogP contribution in [0.1, 0.15) is 23.8 Å². The number of hydrogen-bond acceptors (Lipinski definition) is 5. The maximum atomic E-state index is 5.54. The second-order valence-electron chi connectivity index (χ2n) is 4.24. The van der Waals surface area contributed by atoms with Gasteiger partial charge in [0.1, 0.15) is 18.1 Å². The van der Waals surface area contributed by atoms with Crippen LogP contribution in [0.4, 0.5) is 0 Å². The first-order valence-electron chi connectivity index (χ1n) is 6.15. The third kappa shape index (κ3) is 2.51. The van der Waals surface area contributed by atoms with Crippen LogP contribution in [0.15, 0.2) is 40.3 Å². The van der Waals surface area contributed by atoms with Gasteiger partial charge in [-0.2, -0.15) is 0 Å². The van der Waals surface area contributed by atoms with Crippen molar-refractivity contribution < 1.29 is 9.57 Å². The molecule has 1 atom stereocenters. The van der Waals surface area contributed by atoms with Crippen molar-refractivity contribution in [2.75, 3.05) is 6.61 Å². The Bertz CT molecular complexity index is 659. The number of aromatic nitrogens is 1. The summed E-state index contributed by atoms with van der Waals surface area (Å²) in [6.45, 7) is 0.240. The van der Waals surface area contributed by atoms with E-state index in [1.807, 2.05) is 29.6 Å². The summed E-state index contributed by atoms with van der Waals surface area (Å²) in [4.78, 5) is 9.77. The summed E-state index contributed by atoms with van der Waals surface area (Å²) in [6, 6.07) is 7.71. The summed E-state index contributed by atoms with van der Waals surface area (Å²) in [5.74, 6) is 3.21. The number of para-hydroxylation sites is 1. The Morgan fingerprint density at radius 2 is 2.35 bits per heavy atom. The average molecular weight is 284 g/mol. The number of benzene rings is 1. The second kappa shape index (κ2) is 5.76. The molecule has 0 radical (unpaired) electrons. The maximum absolute atomic E-state index is 5.54. The Morgan fingerprint density at radius 1 is 1.45 bits per heavy atom. The molecule has 2 heterocycles. The van der Waals surface area contributed by atoms with Crippen molar-refractivity contribution in [3.05, 3.63) is 46.4 Å². The van der Waals surface area contributed by atoms with Gasteiger partial charge in [-0.3, -0.25) is 0 Å². The molecule has 0 fully saturated rings. The lowest BCUT2D eigenvalue weighted by Gasteiger charge is -2.13. The Morgan fingerprint density at radius 3 is 3.15 bits per heavy atom. The van der Waals surface area contributed by atoms with Crippen molar-refractivity contribution in [2.24, 2.45) is 5.16 Å². The van der Waals surface area contributed by atoms with Crippen LogP contribution >= 0.6 is 11.3 Å². The third-order valence-electron chi connectivity index (χ3n) is 2.97. The Balaban J connectivity index is 1.78. The topological polar surface area (TPSA) is 43.7 Å². The fraction of sp³-hybridized carbons (Fsp3) is 0.200. The maximum Gasteiger partial charge on any atom is 0.161 e. The highest BCUT2D eigenvalue weighted by atomic mass is 32.1. The molecule has 5 heteroatoms. The summed E-state index contributed by atoms with van der Waals surface area (Å²) >= 11 is 1.54. The minimum Gasteiger partial charge on any atom is -0.481 e. The van der Waals surface area contributed by atoms with Crippen LogP contribution in [0.2, 0.25) is 0 Å². The summed E-state index contributed by atoms with van der Waals surface area (Å²) in [5, 5.41) is 6.09. The van der Waals surface area contributed by atoms with E-state index in [0.717, 1.165) is 22.7 Å². The zero-order chi connectivity index (χ0) is 13.8. The molecule has 0 aliphatic carbocycles. The first-order valence-corrected chi connectivity index (χ1v) is 7.09. The number of oxime groups is 1. The van der Waals surface area contributed by atoms with Crippen LogP contribution < -0.4 is 4.74 Å². The molecule has 1 aliphatic rings. The molecule has 1 aromatic heterocycles. The van der Waals surface area contributed by atoms with Crippen LogP contribution in [0.3, 0.4) is 0 Å². The van der Waals surface area contributed by atoms with Gasteiger partial charge in [-0.05, 0) is 6.07 Å². The van der Waals surface area contributed by atoms with Crippen molar-refractivity contribution in [1.29, 1.82) is 0 Å². The van der Waals surface area contributed by atoms with Crippen molar-refractivity contribution in [3.8, 4) is 18.1 Å². The molecule has 1 aromatic carbocycles. The Kier molecular flexibility index (Phi) is 3.66. The van der Waals surface area contributed by atoms with E-state index < -0.39 is 0 Å². The highest BCUT2D eigenvalue weighted by Crippen LogP contribution is 2.34. The van der Waals surface area contributed by atoms with E-state index in [9.17, 15) is 0 Å². The fourth-order valence-electron chi connectivity index (χ4n) is 2.05. The molecule has 0 amide bonds. The normalized spacial score (nSPS) is 17.1. The molecule has 0 N–H and O–H groups in total. The lowest BCUT2D eigenvalue weighted by atomic mass is 10.0. The minimum absolute atomic E-state index is 0.152. The van der Waals surface area contributed by atoms with Gasteiger partial charge in [-0.1, -0.05) is 29.3 Å². The number of rotatable bonds is 4. The fourth-order valence-corrected chi connectivity index (χ4v) is 2.61. The molecule has 20 heavy (non-hydrogen) atoms. The predicted octanol–water partition coefficient (Wildman–Crippen LogP) is 3.02. The number of nitrogens with zero attached hydrogens (tertiary/aromatic N) is 2. The molecule has 100 valence electrons. The third-order valence-corrected chi connectivity index (χ3v) is 3.56. The summed E-state index contributed by atoms with van der Waals surface area (Å²) in [7, 11) is 0. The zero-order valence-corrected chi connectivity index (χ0v) is 11.5. The van der Waals surface area contributed by atoms with E-state index in [4.69, 9.17) is 16.0 Å². The van der Waals surface area contributed by atoms with Crippen molar-refractivity contribution in [3.63, 3.8) is 0 Å². The van der Waals surface area contributed by atoms with Gasteiger partial charge in [-0.15, -0.1) is 17.8 Å². The second-order valence-corrected chi connectivity index (χ2v) is 4.96. The van der Waals surface area contributed by atoms with E-state index in [1.54, 1.807) is 16.8 Å². The molecule has 2 aromatic rings. The number of thiazole rings is 1. The molecular formula is C15H12N2O2S. The van der Waals surface area contributed by atoms with E-state index >= 15 is 0 Å². The van der Waals surface area contributed by atoms with E-state index in [-0.39, 0.29) is 12.7 Å². The van der Waals surface area contributed by atoms with Gasteiger partial charge >= 0.3 is 0 Å². The van der Waals surface area contributed by atoms with Crippen LogP contribution in [-0.4, -0.2) is 17.3 Å². The smallest absolute Gasteiger partial charge is 0.161 e. The first-order chi connectivity index (χ1) is 9.88. The van der Waals surface area contributed by atoms with Crippen LogP contribution in [0.25, 0.3) is 0 Å². The average Bonchev–Trinajstić information content (AvgIpc) is 3.15. The molecule has 0 saturated carbocycles. The van der Waals surface area contributed by atoms with Gasteiger partial charge in [0.25, 0.3) is 0 Å². The standard InChI is InChI=1S/C15H12N2O2S/c1-2-7-18-14-6-4-3-5-11(14)15-8-12(17-19-15)13-9-20-10-16-13/h1,3-6,9-10,15H,7-8H2. The summed E-state index contributed by atoms with van der Waals surface area (Å²) in [6.07, 6.45) is 5.76. The van der Waals surface area contributed by atoms with Gasteiger partial charge < -0.3 is 9.57 Å². The minimum atomic E-state index is -0.152. The SMILES string of the molecule is C#CCOc1ccccc1C1CC(c2cscn2)=NO1. The quantitative estimate of drug-likeness (QED) is 0.811. The largest absolute Gasteiger partial charge is 0.481 e. The molecular weight excluding hydrogens is 272 g/mol. The lowest BCUT2D eigenvalue weighted by molar-refractivity contribution is 0.0834. The molecule has 0 spiro atoms. The van der Waals surface area contributed by atoms with Crippen molar-refractivity contribution in [1.82, 2.24) is 4.98 Å².